The third-order valence-corrected chi connectivity index (χ3v) is 4.73. The second kappa shape index (κ2) is 6.97. The van der Waals surface area contributed by atoms with Gasteiger partial charge in [-0.1, -0.05) is 23.5 Å². The van der Waals surface area contributed by atoms with Crippen LogP contribution in [0, 0.1) is 6.92 Å². The van der Waals surface area contributed by atoms with E-state index in [0.717, 1.165) is 15.8 Å². The molecule has 0 aliphatic rings. The molecule has 1 aromatic carbocycles. The SMILES string of the molecule is CCOc1ncccc1C(=O)N(CC)c1nc2c(C)cccc2s1. The summed E-state index contributed by atoms with van der Waals surface area (Å²) in [5.74, 6) is 0.214. The highest BCUT2D eigenvalue weighted by molar-refractivity contribution is 7.22. The number of benzene rings is 1. The number of fused-ring (bicyclic) bond motifs is 1. The Bertz CT molecular complexity index is 876. The second-order valence-electron chi connectivity index (χ2n) is 5.26. The van der Waals surface area contributed by atoms with Gasteiger partial charge >= 0.3 is 0 Å². The number of carbonyl (C=O) groups excluding carboxylic acids is 1. The van der Waals surface area contributed by atoms with Crippen LogP contribution in [0.15, 0.2) is 36.5 Å². The average Bonchev–Trinajstić information content (AvgIpc) is 3.01. The summed E-state index contributed by atoms with van der Waals surface area (Å²) in [6.07, 6.45) is 1.62. The van der Waals surface area contributed by atoms with Gasteiger partial charge in [0.05, 0.1) is 16.8 Å². The Hall–Kier alpha value is -2.47. The molecule has 0 unspecified atom stereocenters. The Morgan fingerprint density at radius 1 is 1.25 bits per heavy atom. The van der Waals surface area contributed by atoms with Crippen LogP contribution >= 0.6 is 11.3 Å². The number of aryl methyl sites for hydroxylation is 1. The van der Waals surface area contributed by atoms with Crippen molar-refractivity contribution in [2.75, 3.05) is 18.1 Å². The molecule has 2 heterocycles. The van der Waals surface area contributed by atoms with Crippen molar-refractivity contribution >= 4 is 32.6 Å². The summed E-state index contributed by atoms with van der Waals surface area (Å²) in [7, 11) is 0. The molecule has 0 bridgehead atoms. The van der Waals surface area contributed by atoms with Crippen LogP contribution in [0.4, 0.5) is 5.13 Å². The van der Waals surface area contributed by atoms with Gasteiger partial charge in [-0.3, -0.25) is 9.69 Å². The van der Waals surface area contributed by atoms with Gasteiger partial charge in [-0.2, -0.15) is 0 Å². The van der Waals surface area contributed by atoms with Crippen molar-refractivity contribution in [3.63, 3.8) is 0 Å². The first kappa shape index (κ1) is 16.4. The number of aromatic nitrogens is 2. The maximum atomic E-state index is 13.0. The van der Waals surface area contributed by atoms with Crippen molar-refractivity contribution in [1.82, 2.24) is 9.97 Å². The van der Waals surface area contributed by atoms with Crippen LogP contribution in [0.3, 0.4) is 0 Å². The van der Waals surface area contributed by atoms with Gasteiger partial charge in [-0.15, -0.1) is 0 Å². The Balaban J connectivity index is 2.01. The first-order chi connectivity index (χ1) is 11.7. The fourth-order valence-electron chi connectivity index (χ4n) is 2.51. The lowest BCUT2D eigenvalue weighted by atomic mass is 10.2. The second-order valence-corrected chi connectivity index (χ2v) is 6.27. The zero-order valence-corrected chi connectivity index (χ0v) is 14.8. The quantitative estimate of drug-likeness (QED) is 0.702. The van der Waals surface area contributed by atoms with Crippen molar-refractivity contribution in [2.45, 2.75) is 20.8 Å². The summed E-state index contributed by atoms with van der Waals surface area (Å²) in [4.78, 5) is 23.5. The molecule has 0 atom stereocenters. The first-order valence-electron chi connectivity index (χ1n) is 7.91. The van der Waals surface area contributed by atoms with Gasteiger partial charge in [-0.25, -0.2) is 9.97 Å². The van der Waals surface area contributed by atoms with Crippen molar-refractivity contribution < 1.29 is 9.53 Å². The Labute approximate surface area is 144 Å². The summed E-state index contributed by atoms with van der Waals surface area (Å²) < 4.78 is 6.57. The van der Waals surface area contributed by atoms with Gasteiger partial charge in [0.2, 0.25) is 5.88 Å². The molecule has 0 N–H and O–H groups in total. The molecular formula is C18H19N3O2S. The highest BCUT2D eigenvalue weighted by Gasteiger charge is 2.23. The summed E-state index contributed by atoms with van der Waals surface area (Å²) in [5.41, 5.74) is 2.51. The van der Waals surface area contributed by atoms with E-state index in [0.29, 0.717) is 29.7 Å². The van der Waals surface area contributed by atoms with E-state index < -0.39 is 0 Å². The fourth-order valence-corrected chi connectivity index (χ4v) is 3.61. The average molecular weight is 341 g/mol. The van der Waals surface area contributed by atoms with E-state index in [9.17, 15) is 4.79 Å². The Morgan fingerprint density at radius 3 is 2.79 bits per heavy atom. The maximum Gasteiger partial charge on any atom is 0.265 e. The molecule has 3 aromatic rings. The third kappa shape index (κ3) is 2.97. The highest BCUT2D eigenvalue weighted by atomic mass is 32.1. The summed E-state index contributed by atoms with van der Waals surface area (Å²) in [6, 6.07) is 9.54. The number of hydrogen-bond donors (Lipinski definition) is 0. The van der Waals surface area contributed by atoms with E-state index in [1.54, 1.807) is 23.2 Å². The zero-order chi connectivity index (χ0) is 17.1. The highest BCUT2D eigenvalue weighted by Crippen LogP contribution is 2.32. The standard InChI is InChI=1S/C18H19N3O2S/c1-4-21(17(22)13-9-7-11-19-16(13)23-5-2)18-20-15-12(3)8-6-10-14(15)24-18/h6-11H,4-5H2,1-3H3. The van der Waals surface area contributed by atoms with Crippen LogP contribution in [0.1, 0.15) is 29.8 Å². The zero-order valence-electron chi connectivity index (χ0n) is 13.9. The third-order valence-electron chi connectivity index (χ3n) is 3.68. The number of carbonyl (C=O) groups is 1. The summed E-state index contributed by atoms with van der Waals surface area (Å²) in [6.45, 7) is 6.82. The molecule has 1 amide bonds. The number of para-hydroxylation sites is 1. The summed E-state index contributed by atoms with van der Waals surface area (Å²) >= 11 is 1.52. The van der Waals surface area contributed by atoms with Crippen molar-refractivity contribution in [2.24, 2.45) is 0 Å². The fraction of sp³-hybridized carbons (Fsp3) is 0.278. The number of rotatable bonds is 5. The lowest BCUT2D eigenvalue weighted by Crippen LogP contribution is -2.31. The van der Waals surface area contributed by atoms with Crippen molar-refractivity contribution in [3.05, 3.63) is 47.7 Å². The minimum Gasteiger partial charge on any atom is -0.477 e. The topological polar surface area (TPSA) is 55.3 Å². The predicted octanol–water partition coefficient (Wildman–Crippen LogP) is 4.07. The molecule has 0 saturated heterocycles. The predicted molar refractivity (Wildman–Crippen MR) is 97.1 cm³/mol. The molecule has 6 heteroatoms. The molecule has 0 saturated carbocycles. The van der Waals surface area contributed by atoms with Gasteiger partial charge in [0.1, 0.15) is 5.56 Å². The van der Waals surface area contributed by atoms with Crippen molar-refractivity contribution in [1.29, 1.82) is 0 Å². The van der Waals surface area contributed by atoms with Crippen molar-refractivity contribution in [3.8, 4) is 5.88 Å². The molecule has 0 spiro atoms. The van der Waals surface area contributed by atoms with E-state index in [4.69, 9.17) is 4.74 Å². The maximum absolute atomic E-state index is 13.0. The van der Waals surface area contributed by atoms with Gasteiger partial charge in [0.15, 0.2) is 5.13 Å². The van der Waals surface area contributed by atoms with E-state index in [-0.39, 0.29) is 5.91 Å². The monoisotopic (exact) mass is 341 g/mol. The smallest absolute Gasteiger partial charge is 0.265 e. The number of hydrogen-bond acceptors (Lipinski definition) is 5. The first-order valence-corrected chi connectivity index (χ1v) is 8.73. The number of thiazole rings is 1. The normalized spacial score (nSPS) is 10.8. The number of amides is 1. The lowest BCUT2D eigenvalue weighted by molar-refractivity contribution is 0.0983. The number of ether oxygens (including phenoxy) is 1. The molecule has 0 aliphatic carbocycles. The molecule has 24 heavy (non-hydrogen) atoms. The largest absolute Gasteiger partial charge is 0.477 e. The molecule has 3 rings (SSSR count). The molecule has 0 aliphatic heterocycles. The van der Waals surface area contributed by atoms with E-state index in [1.807, 2.05) is 39.0 Å². The van der Waals surface area contributed by atoms with Crippen LogP contribution in [-0.4, -0.2) is 29.0 Å². The van der Waals surface area contributed by atoms with E-state index in [1.165, 1.54) is 11.3 Å². The molecule has 5 nitrogen and oxygen atoms in total. The van der Waals surface area contributed by atoms with E-state index in [2.05, 4.69) is 9.97 Å². The van der Waals surface area contributed by atoms with Gasteiger partial charge in [0, 0.05) is 12.7 Å². The molecule has 2 aromatic heterocycles. The minimum absolute atomic E-state index is 0.147. The molecule has 0 fully saturated rings. The number of anilines is 1. The Kier molecular flexibility index (Phi) is 4.76. The molecule has 0 radical (unpaired) electrons. The Morgan fingerprint density at radius 2 is 2.08 bits per heavy atom. The molecule has 124 valence electrons. The molecular weight excluding hydrogens is 322 g/mol. The van der Waals surface area contributed by atoms with Crippen LogP contribution in [-0.2, 0) is 0 Å². The van der Waals surface area contributed by atoms with Gasteiger partial charge < -0.3 is 4.74 Å². The summed E-state index contributed by atoms with van der Waals surface area (Å²) in [5, 5.41) is 0.693. The van der Waals surface area contributed by atoms with Crippen LogP contribution in [0.5, 0.6) is 5.88 Å². The van der Waals surface area contributed by atoms with Crippen LogP contribution in [0.25, 0.3) is 10.2 Å². The number of nitrogens with zero attached hydrogens (tertiary/aromatic N) is 3. The van der Waals surface area contributed by atoms with E-state index >= 15 is 0 Å². The van der Waals surface area contributed by atoms with Gasteiger partial charge in [0.25, 0.3) is 5.91 Å². The number of pyridine rings is 1. The lowest BCUT2D eigenvalue weighted by Gasteiger charge is -2.18. The minimum atomic E-state index is -0.147. The van der Waals surface area contributed by atoms with Gasteiger partial charge in [-0.05, 0) is 44.5 Å². The van der Waals surface area contributed by atoms with Crippen LogP contribution < -0.4 is 9.64 Å². The van der Waals surface area contributed by atoms with Crippen LogP contribution in [0.2, 0.25) is 0 Å².